The van der Waals surface area contributed by atoms with Crippen molar-refractivity contribution in [2.24, 2.45) is 5.41 Å². The Hall–Kier alpha value is -1.55. The summed E-state index contributed by atoms with van der Waals surface area (Å²) >= 11 is 5.94. The van der Waals surface area contributed by atoms with Crippen molar-refractivity contribution in [3.05, 3.63) is 28.8 Å². The third kappa shape index (κ3) is 5.02. The molecule has 0 saturated heterocycles. The van der Waals surface area contributed by atoms with Gasteiger partial charge >= 0.3 is 0 Å². The second kappa shape index (κ2) is 8.18. The van der Waals surface area contributed by atoms with Gasteiger partial charge in [0.25, 0.3) is 0 Å². The molecule has 0 aromatic heterocycles. The fraction of sp³-hybridized carbons (Fsp3) is 0.529. The van der Waals surface area contributed by atoms with Crippen molar-refractivity contribution in [1.29, 1.82) is 0 Å². The molecule has 0 spiro atoms. The molecule has 1 aromatic carbocycles. The number of carbonyl (C=O) groups is 2. The van der Waals surface area contributed by atoms with Crippen LogP contribution in [-0.4, -0.2) is 18.4 Å². The number of carbonyl (C=O) groups excluding carboxylic acids is 2. The third-order valence-electron chi connectivity index (χ3n) is 3.65. The molecule has 0 aliphatic heterocycles. The lowest BCUT2D eigenvalue weighted by atomic mass is 9.90. The standard InChI is InChI=1S/C17H25ClN2O2/c1-5-6-7-10-19-15(21)17(3,4)16(22)20-14-11-13(18)9-8-12(14)2/h8-9,11H,5-7,10H2,1-4H3,(H,19,21)(H,20,22). The lowest BCUT2D eigenvalue weighted by Crippen LogP contribution is -2.45. The third-order valence-corrected chi connectivity index (χ3v) is 3.88. The van der Waals surface area contributed by atoms with Crippen LogP contribution >= 0.6 is 11.6 Å². The van der Waals surface area contributed by atoms with E-state index < -0.39 is 5.41 Å². The van der Waals surface area contributed by atoms with E-state index in [1.807, 2.05) is 13.0 Å². The maximum Gasteiger partial charge on any atom is 0.239 e. The van der Waals surface area contributed by atoms with E-state index in [4.69, 9.17) is 11.6 Å². The molecule has 1 aromatic rings. The van der Waals surface area contributed by atoms with Gasteiger partial charge in [0.2, 0.25) is 11.8 Å². The van der Waals surface area contributed by atoms with Crippen molar-refractivity contribution >= 4 is 29.1 Å². The Kier molecular flexibility index (Phi) is 6.88. The summed E-state index contributed by atoms with van der Waals surface area (Å²) in [5.74, 6) is -0.605. The van der Waals surface area contributed by atoms with Gasteiger partial charge in [-0.1, -0.05) is 37.4 Å². The Balaban J connectivity index is 2.69. The van der Waals surface area contributed by atoms with Crippen molar-refractivity contribution in [2.75, 3.05) is 11.9 Å². The van der Waals surface area contributed by atoms with Crippen LogP contribution in [0.1, 0.15) is 45.6 Å². The van der Waals surface area contributed by atoms with Gasteiger partial charge in [-0.2, -0.15) is 0 Å². The molecule has 4 nitrogen and oxygen atoms in total. The lowest BCUT2D eigenvalue weighted by molar-refractivity contribution is -0.138. The second-order valence-electron chi connectivity index (χ2n) is 6.00. The summed E-state index contributed by atoms with van der Waals surface area (Å²) in [4.78, 5) is 24.6. The topological polar surface area (TPSA) is 58.2 Å². The average Bonchev–Trinajstić information content (AvgIpc) is 2.47. The van der Waals surface area contributed by atoms with E-state index in [0.29, 0.717) is 17.3 Å². The molecule has 0 radical (unpaired) electrons. The van der Waals surface area contributed by atoms with E-state index in [0.717, 1.165) is 24.8 Å². The van der Waals surface area contributed by atoms with Gasteiger partial charge in [0.1, 0.15) is 5.41 Å². The second-order valence-corrected chi connectivity index (χ2v) is 6.44. The van der Waals surface area contributed by atoms with Gasteiger partial charge in [-0.3, -0.25) is 9.59 Å². The largest absolute Gasteiger partial charge is 0.355 e. The zero-order valence-corrected chi connectivity index (χ0v) is 14.5. The van der Waals surface area contributed by atoms with Gasteiger partial charge in [-0.15, -0.1) is 0 Å². The summed E-state index contributed by atoms with van der Waals surface area (Å²) in [6.45, 7) is 7.82. The number of hydrogen-bond acceptors (Lipinski definition) is 2. The SMILES string of the molecule is CCCCCNC(=O)C(C)(C)C(=O)Nc1cc(Cl)ccc1C. The predicted molar refractivity (Wildman–Crippen MR) is 91.1 cm³/mol. The molecule has 22 heavy (non-hydrogen) atoms. The van der Waals surface area contributed by atoms with Crippen LogP contribution in [0.4, 0.5) is 5.69 Å². The molecule has 0 fully saturated rings. The molecular weight excluding hydrogens is 300 g/mol. The van der Waals surface area contributed by atoms with Crippen LogP contribution < -0.4 is 10.6 Å². The first-order valence-corrected chi connectivity index (χ1v) is 8.02. The minimum absolute atomic E-state index is 0.263. The zero-order chi connectivity index (χ0) is 16.8. The first-order valence-electron chi connectivity index (χ1n) is 7.65. The van der Waals surface area contributed by atoms with E-state index in [1.54, 1.807) is 26.0 Å². The van der Waals surface area contributed by atoms with Gasteiger partial charge < -0.3 is 10.6 Å². The smallest absolute Gasteiger partial charge is 0.239 e. The van der Waals surface area contributed by atoms with Crippen LogP contribution in [0.15, 0.2) is 18.2 Å². The van der Waals surface area contributed by atoms with Gasteiger partial charge in [0.15, 0.2) is 0 Å². The maximum absolute atomic E-state index is 12.4. The van der Waals surface area contributed by atoms with Crippen LogP contribution in [0.3, 0.4) is 0 Å². The highest BCUT2D eigenvalue weighted by atomic mass is 35.5. The first kappa shape index (κ1) is 18.5. The number of unbranched alkanes of at least 4 members (excludes halogenated alkanes) is 2. The Morgan fingerprint density at radius 3 is 2.50 bits per heavy atom. The molecule has 0 atom stereocenters. The molecule has 0 aliphatic rings. The first-order chi connectivity index (χ1) is 10.3. The molecule has 2 N–H and O–H groups in total. The number of anilines is 1. The number of nitrogens with one attached hydrogen (secondary N) is 2. The number of rotatable bonds is 7. The van der Waals surface area contributed by atoms with Crippen molar-refractivity contribution < 1.29 is 9.59 Å². The highest BCUT2D eigenvalue weighted by Crippen LogP contribution is 2.24. The molecule has 0 heterocycles. The Labute approximate surface area is 137 Å². The summed E-state index contributed by atoms with van der Waals surface area (Å²) in [5.41, 5.74) is 0.391. The zero-order valence-electron chi connectivity index (χ0n) is 13.8. The summed E-state index contributed by atoms with van der Waals surface area (Å²) in [7, 11) is 0. The molecule has 2 amide bonds. The highest BCUT2D eigenvalue weighted by molar-refractivity contribution is 6.31. The lowest BCUT2D eigenvalue weighted by Gasteiger charge is -2.23. The van der Waals surface area contributed by atoms with Crippen molar-refractivity contribution in [3.8, 4) is 0 Å². The number of halogens is 1. The molecule has 0 bridgehead atoms. The Morgan fingerprint density at radius 2 is 1.86 bits per heavy atom. The van der Waals surface area contributed by atoms with Crippen molar-refractivity contribution in [3.63, 3.8) is 0 Å². The van der Waals surface area contributed by atoms with Crippen molar-refractivity contribution in [2.45, 2.75) is 47.0 Å². The predicted octanol–water partition coefficient (Wildman–Crippen LogP) is 3.92. The molecule has 1 rings (SSSR count). The fourth-order valence-corrected chi connectivity index (χ4v) is 2.08. The van der Waals surface area contributed by atoms with Crippen LogP contribution in [0, 0.1) is 12.3 Å². The van der Waals surface area contributed by atoms with E-state index in [-0.39, 0.29) is 11.8 Å². The quantitative estimate of drug-likeness (QED) is 0.590. The van der Waals surface area contributed by atoms with Gasteiger partial charge in [-0.25, -0.2) is 0 Å². The molecule has 0 aliphatic carbocycles. The van der Waals surface area contributed by atoms with E-state index in [1.165, 1.54) is 0 Å². The van der Waals surface area contributed by atoms with Gasteiger partial charge in [0.05, 0.1) is 0 Å². The number of hydrogen-bond donors (Lipinski definition) is 2. The minimum atomic E-state index is -1.14. The highest BCUT2D eigenvalue weighted by Gasteiger charge is 2.36. The molecular formula is C17H25ClN2O2. The molecule has 5 heteroatoms. The van der Waals surface area contributed by atoms with Crippen molar-refractivity contribution in [1.82, 2.24) is 5.32 Å². The van der Waals surface area contributed by atoms with E-state index in [2.05, 4.69) is 17.6 Å². The van der Waals surface area contributed by atoms with Crippen LogP contribution in [0.5, 0.6) is 0 Å². The molecule has 0 unspecified atom stereocenters. The molecule has 0 saturated carbocycles. The summed E-state index contributed by atoms with van der Waals surface area (Å²) < 4.78 is 0. The summed E-state index contributed by atoms with van der Waals surface area (Å²) in [5, 5.41) is 6.16. The van der Waals surface area contributed by atoms with E-state index >= 15 is 0 Å². The van der Waals surface area contributed by atoms with Gasteiger partial charge in [0, 0.05) is 17.3 Å². The normalized spacial score (nSPS) is 11.1. The molecule has 122 valence electrons. The maximum atomic E-state index is 12.4. The minimum Gasteiger partial charge on any atom is -0.355 e. The number of amides is 2. The van der Waals surface area contributed by atoms with Gasteiger partial charge in [-0.05, 0) is 44.9 Å². The summed E-state index contributed by atoms with van der Waals surface area (Å²) in [6, 6.07) is 5.28. The van der Waals surface area contributed by atoms with E-state index in [9.17, 15) is 9.59 Å². The fourth-order valence-electron chi connectivity index (χ4n) is 1.91. The van der Waals surface area contributed by atoms with Crippen LogP contribution in [0.25, 0.3) is 0 Å². The Bertz CT molecular complexity index is 541. The summed E-state index contributed by atoms with van der Waals surface area (Å²) in [6.07, 6.45) is 3.08. The monoisotopic (exact) mass is 324 g/mol. The number of aryl methyl sites for hydroxylation is 1. The average molecular weight is 325 g/mol. The van der Waals surface area contributed by atoms with Crippen LogP contribution in [-0.2, 0) is 9.59 Å². The Morgan fingerprint density at radius 1 is 1.18 bits per heavy atom. The van der Waals surface area contributed by atoms with Crippen LogP contribution in [0.2, 0.25) is 5.02 Å². The number of benzene rings is 1.